The third kappa shape index (κ3) is 5.48. The zero-order chi connectivity index (χ0) is 29.3. The number of aliphatic hydroxyl groups is 1. The van der Waals surface area contributed by atoms with Crippen LogP contribution in [0.3, 0.4) is 0 Å². The summed E-state index contributed by atoms with van der Waals surface area (Å²) in [6.45, 7) is 1.09. The standard InChI is InChI=1S/C27H29N6O8P/c1-17(26(35)37-12-18-8-4-2-5-9-18)32-42(36,41-19-10-6-3-7-11-19)39-14-27-13-38-21(22(27)34)25(40-27)33-16-31-20-23(28)29-15-30-24(20)33/h2-11,15-17,21-22,25,34H,12-14H2,1H3,(H,32,36)(H2,28,29,30)/t17-,21+,22+,25+,27+,42?/m0/s1. The maximum absolute atomic E-state index is 14.0. The van der Waals surface area contributed by atoms with Gasteiger partial charge in [0.2, 0.25) is 0 Å². The molecule has 0 saturated carbocycles. The number of nitrogens with zero attached hydrogens (tertiary/aromatic N) is 4. The van der Waals surface area contributed by atoms with Crippen molar-refractivity contribution in [3.8, 4) is 5.75 Å². The fourth-order valence-corrected chi connectivity index (χ4v) is 6.39. The number of carbonyl (C=O) groups is 1. The lowest BCUT2D eigenvalue weighted by molar-refractivity contribution is -0.183. The number of benzene rings is 2. The molecular formula is C27H29N6O8P. The molecule has 4 aromatic rings. The van der Waals surface area contributed by atoms with Crippen LogP contribution in [0.4, 0.5) is 5.82 Å². The molecule has 2 aliphatic heterocycles. The van der Waals surface area contributed by atoms with Crippen molar-refractivity contribution in [1.29, 1.82) is 0 Å². The molecule has 2 fully saturated rings. The maximum Gasteiger partial charge on any atom is 0.459 e. The van der Waals surface area contributed by atoms with Crippen molar-refractivity contribution in [3.05, 3.63) is 78.9 Å². The highest BCUT2D eigenvalue weighted by atomic mass is 31.2. The van der Waals surface area contributed by atoms with E-state index < -0.39 is 50.4 Å². The summed E-state index contributed by atoms with van der Waals surface area (Å²) in [7, 11) is -4.24. The molecule has 6 atom stereocenters. The summed E-state index contributed by atoms with van der Waals surface area (Å²) in [5, 5.41) is 13.8. The first kappa shape index (κ1) is 28.2. The number of imidazole rings is 1. The van der Waals surface area contributed by atoms with E-state index in [0.29, 0.717) is 11.2 Å². The molecule has 15 heteroatoms. The van der Waals surface area contributed by atoms with Gasteiger partial charge in [0.15, 0.2) is 17.7 Å². The zero-order valence-electron chi connectivity index (χ0n) is 22.5. The van der Waals surface area contributed by atoms with Crippen molar-refractivity contribution < 1.29 is 37.7 Å². The van der Waals surface area contributed by atoms with E-state index in [-0.39, 0.29) is 24.8 Å². The molecule has 14 nitrogen and oxygen atoms in total. The van der Waals surface area contributed by atoms with Crippen LogP contribution in [0.15, 0.2) is 73.3 Å². The number of hydrogen-bond donors (Lipinski definition) is 3. The number of ether oxygens (including phenoxy) is 3. The first-order valence-corrected chi connectivity index (χ1v) is 14.7. The number of rotatable bonds is 11. The number of fused-ring (bicyclic) bond motifs is 3. The smallest absolute Gasteiger partial charge is 0.459 e. The van der Waals surface area contributed by atoms with Crippen LogP contribution < -0.4 is 15.3 Å². The lowest BCUT2D eigenvalue weighted by Gasteiger charge is -2.32. The Morgan fingerprint density at radius 3 is 2.69 bits per heavy atom. The fraction of sp³-hybridized carbons (Fsp3) is 0.333. The third-order valence-electron chi connectivity index (χ3n) is 7.04. The van der Waals surface area contributed by atoms with Gasteiger partial charge in [0.1, 0.15) is 48.1 Å². The summed E-state index contributed by atoms with van der Waals surface area (Å²) in [4.78, 5) is 25.2. The monoisotopic (exact) mass is 596 g/mol. The molecule has 220 valence electrons. The summed E-state index contributed by atoms with van der Waals surface area (Å²) in [6, 6.07) is 16.5. The largest absolute Gasteiger partial charge is 0.460 e. The minimum atomic E-state index is -4.24. The van der Waals surface area contributed by atoms with Gasteiger partial charge in [0.25, 0.3) is 0 Å². The van der Waals surface area contributed by atoms with Gasteiger partial charge in [0.05, 0.1) is 19.5 Å². The highest BCUT2D eigenvalue weighted by molar-refractivity contribution is 7.52. The highest BCUT2D eigenvalue weighted by Crippen LogP contribution is 2.50. The molecule has 2 bridgehead atoms. The van der Waals surface area contributed by atoms with Crippen molar-refractivity contribution in [3.63, 3.8) is 0 Å². The molecule has 0 spiro atoms. The van der Waals surface area contributed by atoms with Crippen molar-refractivity contribution >= 4 is 30.7 Å². The first-order valence-electron chi connectivity index (χ1n) is 13.1. The van der Waals surface area contributed by atoms with Gasteiger partial charge in [-0.1, -0.05) is 48.5 Å². The van der Waals surface area contributed by atoms with Crippen molar-refractivity contribution in [1.82, 2.24) is 24.6 Å². The molecule has 4 heterocycles. The van der Waals surface area contributed by atoms with Gasteiger partial charge in [-0.25, -0.2) is 19.5 Å². The summed E-state index contributed by atoms with van der Waals surface area (Å²) >= 11 is 0. The van der Waals surface area contributed by atoms with E-state index in [1.165, 1.54) is 19.6 Å². The molecule has 42 heavy (non-hydrogen) atoms. The van der Waals surface area contributed by atoms with E-state index >= 15 is 0 Å². The number of aliphatic hydroxyl groups excluding tert-OH is 1. The average molecular weight is 597 g/mol. The molecule has 2 aromatic heterocycles. The van der Waals surface area contributed by atoms with E-state index in [9.17, 15) is 14.5 Å². The van der Waals surface area contributed by atoms with E-state index in [4.69, 9.17) is 29.0 Å². The highest BCUT2D eigenvalue weighted by Gasteiger charge is 2.63. The Hall–Kier alpha value is -3.91. The Labute approximate surface area is 240 Å². The summed E-state index contributed by atoms with van der Waals surface area (Å²) in [5.74, 6) is -0.223. The second-order valence-corrected chi connectivity index (χ2v) is 11.7. The number of aromatic nitrogens is 4. The summed E-state index contributed by atoms with van der Waals surface area (Å²) in [6.07, 6.45) is -0.00648. The van der Waals surface area contributed by atoms with Crippen LogP contribution in [0.1, 0.15) is 18.7 Å². The predicted octanol–water partition coefficient (Wildman–Crippen LogP) is 2.36. The molecule has 0 radical (unpaired) electrons. The van der Waals surface area contributed by atoms with Gasteiger partial charge < -0.3 is 29.6 Å². The van der Waals surface area contributed by atoms with E-state index in [2.05, 4.69) is 20.0 Å². The quantitative estimate of drug-likeness (QED) is 0.170. The molecule has 6 rings (SSSR count). The van der Waals surface area contributed by atoms with E-state index in [0.717, 1.165) is 5.56 Å². The minimum Gasteiger partial charge on any atom is -0.460 e. The molecule has 1 unspecified atom stereocenters. The molecular weight excluding hydrogens is 567 g/mol. The third-order valence-corrected chi connectivity index (χ3v) is 8.67. The van der Waals surface area contributed by atoms with Crippen molar-refractivity contribution in [2.45, 2.75) is 43.6 Å². The fourth-order valence-electron chi connectivity index (χ4n) is 4.84. The SMILES string of the molecule is C[C@H](NP(=O)(OC[C@@]12CO[C@@H]([C@H](n3cnc4c(N)ncnc43)O1)[C@H]2O)Oc1ccccc1)C(=O)OCc1ccccc1. The van der Waals surface area contributed by atoms with E-state index in [1.54, 1.807) is 34.9 Å². The Bertz CT molecular complexity index is 1610. The Morgan fingerprint density at radius 1 is 1.19 bits per heavy atom. The van der Waals surface area contributed by atoms with Crippen LogP contribution in [0.25, 0.3) is 11.2 Å². The van der Waals surface area contributed by atoms with Crippen molar-refractivity contribution in [2.75, 3.05) is 18.9 Å². The van der Waals surface area contributed by atoms with Gasteiger partial charge >= 0.3 is 13.7 Å². The van der Waals surface area contributed by atoms with Crippen LogP contribution >= 0.6 is 7.75 Å². The number of nitrogens with two attached hydrogens (primary N) is 1. The van der Waals surface area contributed by atoms with Crippen LogP contribution in [0.5, 0.6) is 5.75 Å². The van der Waals surface area contributed by atoms with E-state index in [1.807, 2.05) is 30.3 Å². The predicted molar refractivity (Wildman–Crippen MR) is 148 cm³/mol. The number of carbonyl (C=O) groups excluding carboxylic acids is 1. The lowest BCUT2D eigenvalue weighted by Crippen LogP contribution is -2.45. The first-order chi connectivity index (χ1) is 20.3. The zero-order valence-corrected chi connectivity index (χ0v) is 23.4. The van der Waals surface area contributed by atoms with Gasteiger partial charge in [-0.3, -0.25) is 13.9 Å². The van der Waals surface area contributed by atoms with Gasteiger partial charge in [-0.2, -0.15) is 5.09 Å². The molecule has 0 aliphatic carbocycles. The molecule has 2 aromatic carbocycles. The van der Waals surface area contributed by atoms with Gasteiger partial charge in [0, 0.05) is 0 Å². The normalized spacial score (nSPS) is 25.2. The van der Waals surface area contributed by atoms with Crippen LogP contribution in [-0.2, 0) is 34.7 Å². The van der Waals surface area contributed by atoms with Crippen LogP contribution in [-0.4, -0.2) is 67.7 Å². The molecule has 2 saturated heterocycles. The Balaban J connectivity index is 1.18. The van der Waals surface area contributed by atoms with Crippen LogP contribution in [0, 0.1) is 0 Å². The Kier molecular flexibility index (Phi) is 7.66. The topological polar surface area (TPSA) is 182 Å². The second kappa shape index (κ2) is 11.4. The number of nitrogen functional groups attached to an aromatic ring is 1. The van der Waals surface area contributed by atoms with Gasteiger partial charge in [-0.05, 0) is 24.6 Å². The summed E-state index contributed by atoms with van der Waals surface area (Å²) in [5.41, 5.74) is 6.08. The number of hydrogen-bond acceptors (Lipinski definition) is 12. The lowest BCUT2D eigenvalue weighted by atomic mass is 10.0. The number of esters is 1. The number of para-hydroxylation sites is 1. The number of nitrogens with one attached hydrogen (secondary N) is 1. The molecule has 0 amide bonds. The minimum absolute atomic E-state index is 0.0408. The van der Waals surface area contributed by atoms with Crippen LogP contribution in [0.2, 0.25) is 0 Å². The Morgan fingerprint density at radius 2 is 1.93 bits per heavy atom. The summed E-state index contributed by atoms with van der Waals surface area (Å²) < 4.78 is 44.7. The average Bonchev–Trinajstić information content (AvgIpc) is 3.65. The van der Waals surface area contributed by atoms with Gasteiger partial charge in [-0.15, -0.1) is 0 Å². The van der Waals surface area contributed by atoms with Crippen molar-refractivity contribution in [2.24, 2.45) is 0 Å². The molecule has 2 aliphatic rings. The number of anilines is 1. The maximum atomic E-state index is 14.0. The molecule has 4 N–H and O–H groups in total. The second-order valence-electron chi connectivity index (χ2n) is 10.00.